The van der Waals surface area contributed by atoms with Gasteiger partial charge in [0, 0.05) is 50.6 Å². The standard InChI is InChI=1S/C72H48BN3/c1-5-20-49(21-6-1)51-36-40-56(41-37-51)74-67-35-18-15-32-63(67)73-64-45-44-58(76-65-33-16-13-28-61(65)62-29-14-17-34-66(62)76)48-68(64)75(57-42-38-52(39-43-57)50-22-7-2-8-23-50)70-47-55(46-69(74)72(70)73)71-59(53-24-9-3-10-25-53)30-19-31-60(71)54-26-11-4-12-27-54/h1-48H. The first-order valence-electron chi connectivity index (χ1n) is 26.3. The van der Waals surface area contributed by atoms with Crippen LogP contribution in [0.3, 0.4) is 0 Å². The lowest BCUT2D eigenvalue weighted by Gasteiger charge is -2.44. The Labute approximate surface area is 443 Å². The minimum absolute atomic E-state index is 0.0740. The summed E-state index contributed by atoms with van der Waals surface area (Å²) in [6.07, 6.45) is 0. The van der Waals surface area contributed by atoms with Gasteiger partial charge >= 0.3 is 0 Å². The molecule has 354 valence electrons. The van der Waals surface area contributed by atoms with Gasteiger partial charge in [0.2, 0.25) is 0 Å². The van der Waals surface area contributed by atoms with E-state index >= 15 is 0 Å². The molecular formula is C72H48BN3. The zero-order valence-corrected chi connectivity index (χ0v) is 41.6. The van der Waals surface area contributed by atoms with Gasteiger partial charge < -0.3 is 14.4 Å². The Morgan fingerprint density at radius 1 is 0.250 bits per heavy atom. The predicted octanol–water partition coefficient (Wildman–Crippen LogP) is 17.2. The Morgan fingerprint density at radius 2 is 0.658 bits per heavy atom. The molecule has 76 heavy (non-hydrogen) atoms. The maximum absolute atomic E-state index is 2.57. The lowest BCUT2D eigenvalue weighted by molar-refractivity contribution is 1.17. The summed E-state index contributed by atoms with van der Waals surface area (Å²) in [7, 11) is 0. The van der Waals surface area contributed by atoms with Crippen molar-refractivity contribution < 1.29 is 0 Å². The molecular weight excluding hydrogens is 918 g/mol. The van der Waals surface area contributed by atoms with Crippen LogP contribution in [0, 0.1) is 0 Å². The number of nitrogens with zero attached hydrogens (tertiary/aromatic N) is 3. The SMILES string of the molecule is c1ccc(-c2ccc(N3c4ccccc4B4c5ccc(-n6c7ccccc7c7ccccc76)cc5N(c5ccc(-c6ccccc6)cc5)c5cc(-c6c(-c7ccccc7)cccc6-c6ccccc6)cc3c54)cc2)cc1. The molecule has 12 aromatic carbocycles. The van der Waals surface area contributed by atoms with Crippen LogP contribution in [0.15, 0.2) is 291 Å². The Balaban J connectivity index is 1.05. The van der Waals surface area contributed by atoms with E-state index in [1.807, 2.05) is 0 Å². The van der Waals surface area contributed by atoms with Crippen molar-refractivity contribution in [3.63, 3.8) is 0 Å². The Morgan fingerprint density at radius 3 is 1.18 bits per heavy atom. The van der Waals surface area contributed by atoms with Crippen molar-refractivity contribution in [3.8, 4) is 61.3 Å². The highest BCUT2D eigenvalue weighted by atomic mass is 15.2. The van der Waals surface area contributed by atoms with Gasteiger partial charge in [-0.05, 0) is 139 Å². The highest BCUT2D eigenvalue weighted by molar-refractivity contribution is 7.00. The normalized spacial score (nSPS) is 12.4. The topological polar surface area (TPSA) is 11.4 Å². The number of hydrogen-bond donors (Lipinski definition) is 0. The molecule has 2 aliphatic rings. The summed E-state index contributed by atoms with van der Waals surface area (Å²) >= 11 is 0. The molecule has 4 heteroatoms. The predicted molar refractivity (Wildman–Crippen MR) is 322 cm³/mol. The molecule has 0 saturated carbocycles. The van der Waals surface area contributed by atoms with E-state index in [0.29, 0.717) is 0 Å². The number of benzene rings is 12. The zero-order valence-electron chi connectivity index (χ0n) is 41.6. The third kappa shape index (κ3) is 7.06. The fourth-order valence-corrected chi connectivity index (χ4v) is 12.4. The van der Waals surface area contributed by atoms with Crippen molar-refractivity contribution >= 4 is 79.0 Å². The van der Waals surface area contributed by atoms with Crippen LogP contribution in [-0.2, 0) is 0 Å². The number of para-hydroxylation sites is 3. The van der Waals surface area contributed by atoms with Crippen molar-refractivity contribution in [1.29, 1.82) is 0 Å². The second-order valence-corrected chi connectivity index (χ2v) is 20.0. The maximum atomic E-state index is 2.57. The van der Waals surface area contributed by atoms with Crippen LogP contribution in [0.5, 0.6) is 0 Å². The first-order valence-corrected chi connectivity index (χ1v) is 26.3. The summed E-state index contributed by atoms with van der Waals surface area (Å²) < 4.78 is 2.46. The van der Waals surface area contributed by atoms with Crippen molar-refractivity contribution in [2.24, 2.45) is 0 Å². The zero-order chi connectivity index (χ0) is 50.1. The van der Waals surface area contributed by atoms with Gasteiger partial charge in [-0.3, -0.25) is 0 Å². The van der Waals surface area contributed by atoms with Crippen molar-refractivity contribution in [1.82, 2.24) is 4.57 Å². The van der Waals surface area contributed by atoms with Crippen molar-refractivity contribution in [3.05, 3.63) is 291 Å². The van der Waals surface area contributed by atoms with Gasteiger partial charge in [-0.15, -0.1) is 0 Å². The van der Waals surface area contributed by atoms with E-state index in [-0.39, 0.29) is 6.71 Å². The molecule has 0 amide bonds. The van der Waals surface area contributed by atoms with Crippen molar-refractivity contribution in [2.75, 3.05) is 9.80 Å². The highest BCUT2D eigenvalue weighted by Gasteiger charge is 2.44. The molecule has 0 bridgehead atoms. The van der Waals surface area contributed by atoms with E-state index < -0.39 is 0 Å². The fraction of sp³-hybridized carbons (Fsp3) is 0. The third-order valence-corrected chi connectivity index (χ3v) is 15.8. The Hall–Kier alpha value is -9.90. The summed E-state index contributed by atoms with van der Waals surface area (Å²) in [6.45, 7) is -0.0740. The summed E-state index contributed by atoms with van der Waals surface area (Å²) in [5, 5.41) is 2.49. The van der Waals surface area contributed by atoms with Gasteiger partial charge in [-0.25, -0.2) is 0 Å². The Bertz CT molecular complexity index is 4210. The van der Waals surface area contributed by atoms with Crippen LogP contribution in [0.25, 0.3) is 83.1 Å². The first-order chi connectivity index (χ1) is 37.7. The van der Waals surface area contributed by atoms with E-state index in [1.54, 1.807) is 0 Å². The summed E-state index contributed by atoms with van der Waals surface area (Å²) in [5.74, 6) is 0. The summed E-state index contributed by atoms with van der Waals surface area (Å²) in [5.41, 5.74) is 26.0. The minimum atomic E-state index is -0.0740. The van der Waals surface area contributed by atoms with Crippen LogP contribution >= 0.6 is 0 Å². The van der Waals surface area contributed by atoms with E-state index in [9.17, 15) is 0 Å². The molecule has 1 aromatic heterocycles. The number of anilines is 6. The van der Waals surface area contributed by atoms with E-state index in [0.717, 1.165) is 39.7 Å². The van der Waals surface area contributed by atoms with Gasteiger partial charge in [0.15, 0.2) is 0 Å². The summed E-state index contributed by atoms with van der Waals surface area (Å²) in [6, 6.07) is 107. The van der Waals surface area contributed by atoms with Gasteiger partial charge in [-0.1, -0.05) is 224 Å². The number of fused-ring (bicyclic) bond motifs is 7. The highest BCUT2D eigenvalue weighted by Crippen LogP contribution is 2.50. The molecule has 0 unspecified atom stereocenters. The quantitative estimate of drug-likeness (QED) is 0.141. The molecule has 0 saturated heterocycles. The lowest BCUT2D eigenvalue weighted by atomic mass is 9.33. The molecule has 0 atom stereocenters. The van der Waals surface area contributed by atoms with Gasteiger partial charge in [0.25, 0.3) is 6.71 Å². The molecule has 0 aliphatic carbocycles. The number of hydrogen-bond acceptors (Lipinski definition) is 2. The molecule has 0 spiro atoms. The maximum Gasteiger partial charge on any atom is 0.252 e. The molecule has 3 heterocycles. The van der Waals surface area contributed by atoms with Crippen LogP contribution < -0.4 is 26.2 Å². The molecule has 0 radical (unpaired) electrons. The number of rotatable bonds is 8. The molecule has 13 aromatic rings. The molecule has 2 aliphatic heterocycles. The van der Waals surface area contributed by atoms with Gasteiger partial charge in [0.05, 0.1) is 11.0 Å². The van der Waals surface area contributed by atoms with Gasteiger partial charge in [0.1, 0.15) is 0 Å². The van der Waals surface area contributed by atoms with Crippen LogP contribution in [0.2, 0.25) is 0 Å². The minimum Gasteiger partial charge on any atom is -0.311 e. The lowest BCUT2D eigenvalue weighted by Crippen LogP contribution is -2.61. The molecule has 3 nitrogen and oxygen atoms in total. The van der Waals surface area contributed by atoms with Crippen LogP contribution in [0.1, 0.15) is 0 Å². The van der Waals surface area contributed by atoms with E-state index in [1.165, 1.54) is 94.0 Å². The monoisotopic (exact) mass is 965 g/mol. The molecule has 0 N–H and O–H groups in total. The fourth-order valence-electron chi connectivity index (χ4n) is 12.4. The van der Waals surface area contributed by atoms with E-state index in [4.69, 9.17) is 0 Å². The first kappa shape index (κ1) is 43.7. The smallest absolute Gasteiger partial charge is 0.252 e. The average Bonchev–Trinajstić information content (AvgIpc) is 3.98. The summed E-state index contributed by atoms with van der Waals surface area (Å²) in [4.78, 5) is 5.10. The second kappa shape index (κ2) is 17.9. The third-order valence-electron chi connectivity index (χ3n) is 15.8. The number of aromatic nitrogens is 1. The van der Waals surface area contributed by atoms with E-state index in [2.05, 4.69) is 306 Å². The largest absolute Gasteiger partial charge is 0.311 e. The Kier molecular flexibility index (Phi) is 10.3. The second-order valence-electron chi connectivity index (χ2n) is 20.0. The molecule has 15 rings (SSSR count). The molecule has 0 fully saturated rings. The van der Waals surface area contributed by atoms with Gasteiger partial charge in [-0.2, -0.15) is 0 Å². The average molecular weight is 966 g/mol. The van der Waals surface area contributed by atoms with Crippen molar-refractivity contribution in [2.45, 2.75) is 0 Å². The van der Waals surface area contributed by atoms with Crippen LogP contribution in [0.4, 0.5) is 34.1 Å². The van der Waals surface area contributed by atoms with Crippen LogP contribution in [-0.4, -0.2) is 11.3 Å².